The van der Waals surface area contributed by atoms with Gasteiger partial charge in [-0.3, -0.25) is 0 Å². The first kappa shape index (κ1) is 14.2. The lowest BCUT2D eigenvalue weighted by molar-refractivity contribution is 0.218. The van der Waals surface area contributed by atoms with Crippen molar-refractivity contribution >= 4 is 22.6 Å². The van der Waals surface area contributed by atoms with E-state index in [-0.39, 0.29) is 11.6 Å². The van der Waals surface area contributed by atoms with Crippen molar-refractivity contribution in [1.82, 2.24) is 0 Å². The Balaban J connectivity index is 2.38. The molecule has 0 radical (unpaired) electrons. The standard InChI is InChI=1S/C14H11F2IO2/c1-19-13-5-2-8(6-11(13)16)14(18)10-4-3-9(15)7-12(10)17/h2-7,14,18H,1H3. The third-order valence-corrected chi connectivity index (χ3v) is 3.68. The number of aliphatic hydroxyl groups excluding tert-OH is 1. The van der Waals surface area contributed by atoms with E-state index in [1.54, 1.807) is 6.07 Å². The van der Waals surface area contributed by atoms with Gasteiger partial charge in [0.2, 0.25) is 0 Å². The van der Waals surface area contributed by atoms with E-state index in [9.17, 15) is 13.9 Å². The predicted molar refractivity (Wildman–Crippen MR) is 76.1 cm³/mol. The Labute approximate surface area is 123 Å². The highest BCUT2D eigenvalue weighted by atomic mass is 127. The normalized spacial score (nSPS) is 12.3. The van der Waals surface area contributed by atoms with Crippen molar-refractivity contribution in [3.05, 3.63) is 62.7 Å². The number of ether oxygens (including phenoxy) is 1. The van der Waals surface area contributed by atoms with Crippen molar-refractivity contribution in [1.29, 1.82) is 0 Å². The molecule has 0 saturated carbocycles. The van der Waals surface area contributed by atoms with Gasteiger partial charge in [0, 0.05) is 3.57 Å². The van der Waals surface area contributed by atoms with Gasteiger partial charge < -0.3 is 9.84 Å². The van der Waals surface area contributed by atoms with Crippen LogP contribution in [0.4, 0.5) is 8.78 Å². The maximum atomic E-state index is 13.6. The van der Waals surface area contributed by atoms with Gasteiger partial charge in [-0.15, -0.1) is 0 Å². The highest BCUT2D eigenvalue weighted by Gasteiger charge is 2.16. The maximum Gasteiger partial charge on any atom is 0.165 e. The molecule has 0 aliphatic carbocycles. The van der Waals surface area contributed by atoms with E-state index in [0.29, 0.717) is 14.7 Å². The summed E-state index contributed by atoms with van der Waals surface area (Å²) in [6, 6.07) is 8.31. The van der Waals surface area contributed by atoms with E-state index < -0.39 is 11.9 Å². The summed E-state index contributed by atoms with van der Waals surface area (Å²) in [7, 11) is 1.37. The van der Waals surface area contributed by atoms with Crippen molar-refractivity contribution in [2.24, 2.45) is 0 Å². The van der Waals surface area contributed by atoms with Crippen LogP contribution in [0, 0.1) is 15.2 Å². The third kappa shape index (κ3) is 3.03. The largest absolute Gasteiger partial charge is 0.494 e. The van der Waals surface area contributed by atoms with Crippen molar-refractivity contribution in [2.75, 3.05) is 7.11 Å². The molecular formula is C14H11F2IO2. The first-order chi connectivity index (χ1) is 9.02. The number of methoxy groups -OCH3 is 1. The molecule has 2 rings (SSSR count). The summed E-state index contributed by atoms with van der Waals surface area (Å²) in [4.78, 5) is 0. The lowest BCUT2D eigenvalue weighted by Crippen LogP contribution is -2.03. The fraction of sp³-hybridized carbons (Fsp3) is 0.143. The minimum Gasteiger partial charge on any atom is -0.494 e. The van der Waals surface area contributed by atoms with Crippen molar-refractivity contribution in [3.63, 3.8) is 0 Å². The van der Waals surface area contributed by atoms with Gasteiger partial charge in [-0.05, 0) is 58.0 Å². The SMILES string of the molecule is COc1ccc(C(O)c2ccc(F)cc2I)cc1F. The van der Waals surface area contributed by atoms with E-state index in [1.165, 1.54) is 37.4 Å². The Morgan fingerprint density at radius 1 is 1.16 bits per heavy atom. The Bertz CT molecular complexity index is 602. The van der Waals surface area contributed by atoms with Crippen LogP contribution in [0.15, 0.2) is 36.4 Å². The average molecular weight is 376 g/mol. The van der Waals surface area contributed by atoms with Crippen LogP contribution in [0.2, 0.25) is 0 Å². The molecule has 0 aliphatic heterocycles. The van der Waals surface area contributed by atoms with Gasteiger partial charge in [-0.1, -0.05) is 12.1 Å². The van der Waals surface area contributed by atoms with Gasteiger partial charge in [-0.25, -0.2) is 8.78 Å². The van der Waals surface area contributed by atoms with Crippen LogP contribution < -0.4 is 4.74 Å². The van der Waals surface area contributed by atoms with Crippen LogP contribution in [-0.4, -0.2) is 12.2 Å². The zero-order chi connectivity index (χ0) is 14.0. The Morgan fingerprint density at radius 2 is 1.89 bits per heavy atom. The first-order valence-electron chi connectivity index (χ1n) is 5.49. The van der Waals surface area contributed by atoms with Gasteiger partial charge in [0.15, 0.2) is 11.6 Å². The Hall–Kier alpha value is -1.21. The Morgan fingerprint density at radius 3 is 2.47 bits per heavy atom. The van der Waals surface area contributed by atoms with Crippen LogP contribution in [0.5, 0.6) is 5.75 Å². The van der Waals surface area contributed by atoms with Crippen molar-refractivity contribution in [2.45, 2.75) is 6.10 Å². The molecule has 19 heavy (non-hydrogen) atoms. The van der Waals surface area contributed by atoms with Gasteiger partial charge in [0.1, 0.15) is 11.9 Å². The molecule has 1 N–H and O–H groups in total. The van der Waals surface area contributed by atoms with E-state index in [0.717, 1.165) is 0 Å². The summed E-state index contributed by atoms with van der Waals surface area (Å²) in [6.45, 7) is 0. The molecule has 2 nitrogen and oxygen atoms in total. The summed E-state index contributed by atoms with van der Waals surface area (Å²) in [5.74, 6) is -0.804. The Kier molecular flexibility index (Phi) is 4.36. The summed E-state index contributed by atoms with van der Waals surface area (Å²) >= 11 is 1.93. The number of halogens is 3. The fourth-order valence-electron chi connectivity index (χ4n) is 1.76. The van der Waals surface area contributed by atoms with Gasteiger partial charge in [0.25, 0.3) is 0 Å². The third-order valence-electron chi connectivity index (χ3n) is 2.75. The number of hydrogen-bond donors (Lipinski definition) is 1. The quantitative estimate of drug-likeness (QED) is 0.829. The molecule has 0 fully saturated rings. The minimum atomic E-state index is -1.01. The predicted octanol–water partition coefficient (Wildman–Crippen LogP) is 3.66. The topological polar surface area (TPSA) is 29.5 Å². The molecule has 1 atom stereocenters. The molecule has 0 aliphatic rings. The zero-order valence-corrected chi connectivity index (χ0v) is 12.2. The number of benzene rings is 2. The molecule has 0 bridgehead atoms. The van der Waals surface area contributed by atoms with Crippen LogP contribution in [0.25, 0.3) is 0 Å². The average Bonchev–Trinajstić information content (AvgIpc) is 2.38. The summed E-state index contributed by atoms with van der Waals surface area (Å²) < 4.78 is 32.0. The monoisotopic (exact) mass is 376 g/mol. The first-order valence-corrected chi connectivity index (χ1v) is 6.57. The number of hydrogen-bond acceptors (Lipinski definition) is 2. The second-order valence-corrected chi connectivity index (χ2v) is 5.12. The molecule has 2 aromatic rings. The molecule has 0 spiro atoms. The van der Waals surface area contributed by atoms with Gasteiger partial charge >= 0.3 is 0 Å². The molecule has 5 heteroatoms. The fourth-order valence-corrected chi connectivity index (χ4v) is 2.53. The lowest BCUT2D eigenvalue weighted by Gasteiger charge is -2.14. The zero-order valence-electron chi connectivity index (χ0n) is 10.0. The van der Waals surface area contributed by atoms with Crippen LogP contribution in [-0.2, 0) is 0 Å². The van der Waals surface area contributed by atoms with Crippen LogP contribution in [0.3, 0.4) is 0 Å². The molecule has 0 aromatic heterocycles. The van der Waals surface area contributed by atoms with Crippen LogP contribution >= 0.6 is 22.6 Å². The maximum absolute atomic E-state index is 13.6. The van der Waals surface area contributed by atoms with Crippen LogP contribution in [0.1, 0.15) is 17.2 Å². The molecule has 0 saturated heterocycles. The second-order valence-electron chi connectivity index (χ2n) is 3.96. The highest BCUT2D eigenvalue weighted by molar-refractivity contribution is 14.1. The highest BCUT2D eigenvalue weighted by Crippen LogP contribution is 2.29. The second kappa shape index (κ2) is 5.83. The minimum absolute atomic E-state index is 0.116. The summed E-state index contributed by atoms with van der Waals surface area (Å²) in [5.41, 5.74) is 0.925. The van der Waals surface area contributed by atoms with E-state index in [4.69, 9.17) is 4.74 Å². The molecular weight excluding hydrogens is 365 g/mol. The summed E-state index contributed by atoms with van der Waals surface area (Å²) in [6.07, 6.45) is -1.01. The molecule has 0 amide bonds. The smallest absolute Gasteiger partial charge is 0.165 e. The lowest BCUT2D eigenvalue weighted by atomic mass is 10.0. The summed E-state index contributed by atoms with van der Waals surface area (Å²) in [5, 5.41) is 10.2. The number of rotatable bonds is 3. The van der Waals surface area contributed by atoms with Gasteiger partial charge in [0.05, 0.1) is 7.11 Å². The van der Waals surface area contributed by atoms with Crippen molar-refractivity contribution < 1.29 is 18.6 Å². The van der Waals surface area contributed by atoms with E-state index in [1.807, 2.05) is 22.6 Å². The van der Waals surface area contributed by atoms with E-state index >= 15 is 0 Å². The molecule has 1 unspecified atom stereocenters. The van der Waals surface area contributed by atoms with Crippen molar-refractivity contribution in [3.8, 4) is 5.75 Å². The molecule has 100 valence electrons. The molecule has 0 heterocycles. The molecule has 2 aromatic carbocycles. The van der Waals surface area contributed by atoms with Gasteiger partial charge in [-0.2, -0.15) is 0 Å². The number of aliphatic hydroxyl groups is 1. The van der Waals surface area contributed by atoms with E-state index in [2.05, 4.69) is 0 Å².